The fraction of sp³-hybridized carbons (Fsp3) is 0.583. The van der Waals surface area contributed by atoms with Crippen LogP contribution in [0.15, 0.2) is 10.9 Å². The van der Waals surface area contributed by atoms with Crippen LogP contribution in [0.1, 0.15) is 18.7 Å². The summed E-state index contributed by atoms with van der Waals surface area (Å²) < 4.78 is 4.95. The molecule has 9 nitrogen and oxygen atoms in total. The van der Waals surface area contributed by atoms with Gasteiger partial charge in [0.2, 0.25) is 23.7 Å². The first-order valence-corrected chi connectivity index (χ1v) is 7.03. The fourth-order valence-corrected chi connectivity index (χ4v) is 2.20. The first-order valence-electron chi connectivity index (χ1n) is 7.03. The van der Waals surface area contributed by atoms with Crippen LogP contribution >= 0.6 is 0 Å². The molecule has 0 spiro atoms. The van der Waals surface area contributed by atoms with Gasteiger partial charge in [0.15, 0.2) is 6.33 Å². The van der Waals surface area contributed by atoms with E-state index in [2.05, 4.69) is 40.6 Å². The smallest absolute Gasteiger partial charge is 0.231 e. The molecule has 3 rings (SSSR count). The van der Waals surface area contributed by atoms with E-state index in [1.54, 1.807) is 7.05 Å². The molecular formula is C12H18N8O. The summed E-state index contributed by atoms with van der Waals surface area (Å²) >= 11 is 0. The molecule has 2 aromatic heterocycles. The number of aromatic nitrogens is 5. The van der Waals surface area contributed by atoms with E-state index >= 15 is 0 Å². The largest absolute Gasteiger partial charge is 0.357 e. The number of rotatable bonds is 6. The molecule has 0 unspecified atom stereocenters. The number of hydrogen-bond donors (Lipinski definition) is 2. The highest BCUT2D eigenvalue weighted by atomic mass is 16.5. The Morgan fingerprint density at radius 1 is 1.19 bits per heavy atom. The van der Waals surface area contributed by atoms with E-state index in [9.17, 15) is 0 Å². The van der Waals surface area contributed by atoms with Crippen LogP contribution in [0.4, 0.5) is 17.8 Å². The molecule has 0 saturated carbocycles. The summed E-state index contributed by atoms with van der Waals surface area (Å²) in [5, 5.41) is 9.70. The molecule has 0 aromatic carbocycles. The molecule has 0 atom stereocenters. The van der Waals surface area contributed by atoms with Gasteiger partial charge in [-0.2, -0.15) is 19.9 Å². The molecule has 2 N–H and O–H groups in total. The van der Waals surface area contributed by atoms with Gasteiger partial charge >= 0.3 is 0 Å². The van der Waals surface area contributed by atoms with E-state index in [1.165, 1.54) is 19.2 Å². The third kappa shape index (κ3) is 3.36. The van der Waals surface area contributed by atoms with Crippen LogP contribution in [-0.4, -0.2) is 51.8 Å². The van der Waals surface area contributed by atoms with Gasteiger partial charge in [-0.1, -0.05) is 5.16 Å². The molecule has 3 heterocycles. The summed E-state index contributed by atoms with van der Waals surface area (Å²) in [6.45, 7) is 2.61. The lowest BCUT2D eigenvalue weighted by molar-refractivity contribution is 0.379. The van der Waals surface area contributed by atoms with Gasteiger partial charge in [0.05, 0.1) is 0 Å². The Morgan fingerprint density at radius 2 is 2.00 bits per heavy atom. The second kappa shape index (κ2) is 6.33. The van der Waals surface area contributed by atoms with Crippen LogP contribution in [0.25, 0.3) is 0 Å². The number of nitrogens with one attached hydrogen (secondary N) is 2. The van der Waals surface area contributed by atoms with Crippen LogP contribution in [0.3, 0.4) is 0 Å². The molecule has 0 radical (unpaired) electrons. The van der Waals surface area contributed by atoms with E-state index < -0.39 is 0 Å². The third-order valence-corrected chi connectivity index (χ3v) is 3.27. The standard InChI is InChI=1S/C12H18N8O/c1-13-10-17-11(14-5-4-9-15-8-16-21-9)19-12(18-10)20-6-2-3-7-20/h8H,2-7H2,1H3,(H2,13,14,17,18,19). The topological polar surface area (TPSA) is 105 Å². The lowest BCUT2D eigenvalue weighted by Crippen LogP contribution is -2.22. The van der Waals surface area contributed by atoms with Gasteiger partial charge in [-0.3, -0.25) is 0 Å². The lowest BCUT2D eigenvalue weighted by atomic mass is 10.4. The normalized spacial score (nSPS) is 14.4. The molecule has 21 heavy (non-hydrogen) atoms. The fourth-order valence-electron chi connectivity index (χ4n) is 2.20. The first kappa shape index (κ1) is 13.5. The van der Waals surface area contributed by atoms with Crippen molar-refractivity contribution in [1.82, 2.24) is 25.1 Å². The van der Waals surface area contributed by atoms with Crippen LogP contribution in [0.5, 0.6) is 0 Å². The first-order chi connectivity index (χ1) is 10.3. The number of anilines is 3. The van der Waals surface area contributed by atoms with Crippen molar-refractivity contribution in [2.75, 3.05) is 42.2 Å². The van der Waals surface area contributed by atoms with Crippen molar-refractivity contribution < 1.29 is 4.52 Å². The number of nitrogens with zero attached hydrogens (tertiary/aromatic N) is 6. The second-order valence-electron chi connectivity index (χ2n) is 4.74. The Balaban J connectivity index is 1.66. The molecule has 1 saturated heterocycles. The monoisotopic (exact) mass is 290 g/mol. The van der Waals surface area contributed by atoms with Gasteiger partial charge in [-0.05, 0) is 12.8 Å². The molecule has 9 heteroatoms. The summed E-state index contributed by atoms with van der Waals surface area (Å²) in [5.41, 5.74) is 0. The van der Waals surface area contributed by atoms with Gasteiger partial charge in [0, 0.05) is 33.1 Å². The summed E-state index contributed by atoms with van der Waals surface area (Å²) in [5.74, 6) is 2.42. The molecule has 1 aliphatic heterocycles. The quantitative estimate of drug-likeness (QED) is 0.789. The van der Waals surface area contributed by atoms with Crippen molar-refractivity contribution in [3.05, 3.63) is 12.2 Å². The maximum absolute atomic E-state index is 4.95. The minimum absolute atomic E-state index is 0.552. The van der Waals surface area contributed by atoms with Gasteiger partial charge in [-0.15, -0.1) is 0 Å². The van der Waals surface area contributed by atoms with Gasteiger partial charge in [0.1, 0.15) is 0 Å². The van der Waals surface area contributed by atoms with Crippen molar-refractivity contribution in [3.63, 3.8) is 0 Å². The van der Waals surface area contributed by atoms with Crippen molar-refractivity contribution in [2.24, 2.45) is 0 Å². The Hall–Kier alpha value is -2.45. The maximum atomic E-state index is 4.95. The van der Waals surface area contributed by atoms with E-state index in [0.717, 1.165) is 13.1 Å². The predicted octanol–water partition coefficient (Wildman–Crippen LogP) is 0.551. The summed E-state index contributed by atoms with van der Waals surface area (Å²) in [6.07, 6.45) is 4.38. The predicted molar refractivity (Wildman–Crippen MR) is 77.3 cm³/mol. The van der Waals surface area contributed by atoms with Crippen molar-refractivity contribution in [3.8, 4) is 0 Å². The zero-order valence-electron chi connectivity index (χ0n) is 11.9. The van der Waals surface area contributed by atoms with Gasteiger partial charge in [-0.25, -0.2) is 0 Å². The highest BCUT2D eigenvalue weighted by Crippen LogP contribution is 2.18. The Bertz CT molecular complexity index is 567. The summed E-state index contributed by atoms with van der Waals surface area (Å²) in [4.78, 5) is 19.3. The highest BCUT2D eigenvalue weighted by molar-refractivity contribution is 5.44. The van der Waals surface area contributed by atoms with Crippen molar-refractivity contribution >= 4 is 17.8 Å². The third-order valence-electron chi connectivity index (χ3n) is 3.27. The Morgan fingerprint density at radius 3 is 2.71 bits per heavy atom. The molecule has 0 amide bonds. The van der Waals surface area contributed by atoms with E-state index in [0.29, 0.717) is 36.7 Å². The second-order valence-corrected chi connectivity index (χ2v) is 4.74. The zero-order valence-corrected chi connectivity index (χ0v) is 11.9. The Labute approximate surface area is 122 Å². The zero-order chi connectivity index (χ0) is 14.5. The SMILES string of the molecule is CNc1nc(NCCc2ncno2)nc(N2CCCC2)n1. The molecular weight excluding hydrogens is 272 g/mol. The van der Waals surface area contributed by atoms with E-state index in [1.807, 2.05) is 0 Å². The molecule has 1 fully saturated rings. The average Bonchev–Trinajstić information content (AvgIpc) is 3.20. The van der Waals surface area contributed by atoms with Crippen LogP contribution in [0, 0.1) is 0 Å². The van der Waals surface area contributed by atoms with E-state index in [-0.39, 0.29) is 0 Å². The Kier molecular flexibility index (Phi) is 4.08. The highest BCUT2D eigenvalue weighted by Gasteiger charge is 2.17. The molecule has 112 valence electrons. The summed E-state index contributed by atoms with van der Waals surface area (Å²) in [7, 11) is 1.80. The van der Waals surface area contributed by atoms with Crippen LogP contribution in [-0.2, 0) is 6.42 Å². The molecule has 0 aliphatic carbocycles. The summed E-state index contributed by atoms with van der Waals surface area (Å²) in [6, 6.07) is 0. The molecule has 1 aliphatic rings. The molecule has 2 aromatic rings. The maximum Gasteiger partial charge on any atom is 0.231 e. The molecule has 0 bridgehead atoms. The average molecular weight is 290 g/mol. The minimum Gasteiger partial charge on any atom is -0.357 e. The number of hydrogen-bond acceptors (Lipinski definition) is 9. The van der Waals surface area contributed by atoms with Crippen LogP contribution in [0.2, 0.25) is 0 Å². The van der Waals surface area contributed by atoms with Crippen molar-refractivity contribution in [1.29, 1.82) is 0 Å². The van der Waals surface area contributed by atoms with Gasteiger partial charge < -0.3 is 20.1 Å². The van der Waals surface area contributed by atoms with Crippen LogP contribution < -0.4 is 15.5 Å². The van der Waals surface area contributed by atoms with E-state index in [4.69, 9.17) is 4.52 Å². The lowest BCUT2D eigenvalue weighted by Gasteiger charge is -2.16. The van der Waals surface area contributed by atoms with Crippen molar-refractivity contribution in [2.45, 2.75) is 19.3 Å². The van der Waals surface area contributed by atoms with Gasteiger partial charge in [0.25, 0.3) is 0 Å². The minimum atomic E-state index is 0.552.